The van der Waals surface area contributed by atoms with E-state index in [1.807, 2.05) is 18.2 Å². The Hall–Kier alpha value is -2.77. The molecule has 0 spiro atoms. The summed E-state index contributed by atoms with van der Waals surface area (Å²) in [5.74, 6) is 0.902. The number of carboxylic acids is 1. The predicted molar refractivity (Wildman–Crippen MR) is 135 cm³/mol. The number of carboxylic acid groups (broad SMARTS) is 1. The Labute approximate surface area is 205 Å². The molecule has 0 radical (unpaired) electrons. The number of ether oxygens (including phenoxy) is 2. The standard InChI is InChI=1S/C27H32N2O4S/c1-32-23-10-6-9-22(15-23)25-26(21-7-4-3-5-8-21)29(28-27(25)34-2)16-19-11-13-20(14-12-19)17-33-18-24(30)31/h3-10,15,19-20H,11-14,16-18H2,1-2H3,(H,30,31). The van der Waals surface area contributed by atoms with Crippen molar-refractivity contribution in [1.29, 1.82) is 0 Å². The van der Waals surface area contributed by atoms with Crippen LogP contribution in [0.1, 0.15) is 25.7 Å². The minimum atomic E-state index is -0.905. The van der Waals surface area contributed by atoms with Crippen LogP contribution in [-0.4, -0.2) is 47.4 Å². The molecule has 1 fully saturated rings. The predicted octanol–water partition coefficient (Wildman–Crippen LogP) is 5.86. The highest BCUT2D eigenvalue weighted by molar-refractivity contribution is 7.98. The molecule has 1 N–H and O–H groups in total. The largest absolute Gasteiger partial charge is 0.497 e. The SMILES string of the molecule is COc1cccc(-c2c(SC)nn(CC3CCC(COCC(=O)O)CC3)c2-c2ccccc2)c1. The summed E-state index contributed by atoms with van der Waals surface area (Å²) < 4.78 is 13.0. The van der Waals surface area contributed by atoms with Gasteiger partial charge >= 0.3 is 5.97 Å². The number of nitrogens with zero attached hydrogens (tertiary/aromatic N) is 2. The van der Waals surface area contributed by atoms with Gasteiger partial charge in [-0.1, -0.05) is 42.5 Å². The lowest BCUT2D eigenvalue weighted by Gasteiger charge is -2.28. The van der Waals surface area contributed by atoms with Crippen LogP contribution in [-0.2, 0) is 16.1 Å². The molecule has 0 atom stereocenters. The molecule has 1 heterocycles. The molecule has 1 saturated carbocycles. The molecular weight excluding hydrogens is 448 g/mol. The molecule has 6 nitrogen and oxygen atoms in total. The van der Waals surface area contributed by atoms with Gasteiger partial charge in [-0.15, -0.1) is 11.8 Å². The van der Waals surface area contributed by atoms with Gasteiger partial charge in [-0.05, 0) is 61.5 Å². The zero-order valence-electron chi connectivity index (χ0n) is 19.8. The maximum Gasteiger partial charge on any atom is 0.329 e. The minimum Gasteiger partial charge on any atom is -0.497 e. The lowest BCUT2D eigenvalue weighted by Crippen LogP contribution is -2.23. The van der Waals surface area contributed by atoms with E-state index in [9.17, 15) is 4.79 Å². The summed E-state index contributed by atoms with van der Waals surface area (Å²) in [6.07, 6.45) is 6.39. The molecule has 1 aliphatic carbocycles. The van der Waals surface area contributed by atoms with E-state index in [2.05, 4.69) is 47.3 Å². The second-order valence-electron chi connectivity index (χ2n) is 8.81. The van der Waals surface area contributed by atoms with Gasteiger partial charge in [0.25, 0.3) is 0 Å². The summed E-state index contributed by atoms with van der Waals surface area (Å²) in [4.78, 5) is 10.7. The van der Waals surface area contributed by atoms with Gasteiger partial charge in [0, 0.05) is 17.7 Å². The minimum absolute atomic E-state index is 0.210. The Balaban J connectivity index is 1.59. The van der Waals surface area contributed by atoms with Crippen molar-refractivity contribution in [2.24, 2.45) is 11.8 Å². The van der Waals surface area contributed by atoms with E-state index < -0.39 is 5.97 Å². The van der Waals surface area contributed by atoms with Gasteiger partial charge in [-0.2, -0.15) is 5.10 Å². The molecule has 0 unspecified atom stereocenters. The fourth-order valence-corrected chi connectivity index (χ4v) is 5.38. The zero-order chi connectivity index (χ0) is 23.9. The van der Waals surface area contributed by atoms with E-state index in [0.29, 0.717) is 18.4 Å². The van der Waals surface area contributed by atoms with E-state index in [1.165, 1.54) is 0 Å². The van der Waals surface area contributed by atoms with Crippen molar-refractivity contribution in [3.8, 4) is 28.1 Å². The molecule has 7 heteroatoms. The number of hydrogen-bond acceptors (Lipinski definition) is 5. The normalized spacial score (nSPS) is 18.1. The average molecular weight is 481 g/mol. The summed E-state index contributed by atoms with van der Waals surface area (Å²) in [5.41, 5.74) is 4.55. The van der Waals surface area contributed by atoms with Crippen LogP contribution in [0.2, 0.25) is 0 Å². The van der Waals surface area contributed by atoms with Gasteiger partial charge in [0.15, 0.2) is 0 Å². The molecular formula is C27H32N2O4S. The van der Waals surface area contributed by atoms with E-state index in [4.69, 9.17) is 19.7 Å². The third kappa shape index (κ3) is 5.83. The number of methoxy groups -OCH3 is 1. The first-order valence-electron chi connectivity index (χ1n) is 11.7. The van der Waals surface area contributed by atoms with Gasteiger partial charge in [0.2, 0.25) is 0 Å². The van der Waals surface area contributed by atoms with Crippen molar-refractivity contribution in [1.82, 2.24) is 9.78 Å². The fraction of sp³-hybridized carbons (Fsp3) is 0.407. The number of rotatable bonds is 10. The first-order chi connectivity index (χ1) is 16.6. The van der Waals surface area contributed by atoms with Crippen LogP contribution in [0.15, 0.2) is 59.6 Å². The molecule has 1 aromatic heterocycles. The number of aromatic nitrogens is 2. The number of aliphatic carboxylic acids is 1. The van der Waals surface area contributed by atoms with Crippen molar-refractivity contribution in [3.63, 3.8) is 0 Å². The summed E-state index contributed by atoms with van der Waals surface area (Å²) in [5, 5.41) is 14.9. The molecule has 0 aliphatic heterocycles. The third-order valence-corrected chi connectivity index (χ3v) is 7.17. The smallest absolute Gasteiger partial charge is 0.329 e. The summed E-state index contributed by atoms with van der Waals surface area (Å²) in [7, 11) is 1.69. The van der Waals surface area contributed by atoms with Gasteiger partial charge in [-0.3, -0.25) is 4.68 Å². The number of hydrogen-bond donors (Lipinski definition) is 1. The van der Waals surface area contributed by atoms with Crippen molar-refractivity contribution in [2.75, 3.05) is 26.6 Å². The highest BCUT2D eigenvalue weighted by Gasteiger charge is 2.26. The molecule has 0 amide bonds. The van der Waals surface area contributed by atoms with Crippen molar-refractivity contribution >= 4 is 17.7 Å². The highest BCUT2D eigenvalue weighted by Crippen LogP contribution is 2.41. The van der Waals surface area contributed by atoms with Crippen LogP contribution in [0.4, 0.5) is 0 Å². The average Bonchev–Trinajstić information content (AvgIpc) is 3.23. The Kier molecular flexibility index (Phi) is 8.29. The van der Waals surface area contributed by atoms with Gasteiger partial charge < -0.3 is 14.6 Å². The van der Waals surface area contributed by atoms with Gasteiger partial charge in [0.1, 0.15) is 17.4 Å². The lowest BCUT2D eigenvalue weighted by atomic mass is 9.82. The molecule has 1 aliphatic rings. The molecule has 0 bridgehead atoms. The van der Waals surface area contributed by atoms with Crippen LogP contribution in [0.25, 0.3) is 22.4 Å². The van der Waals surface area contributed by atoms with Gasteiger partial charge in [-0.25, -0.2) is 4.79 Å². The Morgan fingerprint density at radius 1 is 1.06 bits per heavy atom. The summed E-state index contributed by atoms with van der Waals surface area (Å²) >= 11 is 1.67. The van der Waals surface area contributed by atoms with Crippen LogP contribution >= 0.6 is 11.8 Å². The quantitative estimate of drug-likeness (QED) is 0.367. The number of benzene rings is 2. The summed E-state index contributed by atoms with van der Waals surface area (Å²) in [6, 6.07) is 18.7. The monoisotopic (exact) mass is 480 g/mol. The van der Waals surface area contributed by atoms with E-state index >= 15 is 0 Å². The molecule has 2 aromatic carbocycles. The van der Waals surface area contributed by atoms with E-state index in [1.54, 1.807) is 18.9 Å². The van der Waals surface area contributed by atoms with E-state index in [0.717, 1.165) is 65.4 Å². The molecule has 180 valence electrons. The van der Waals surface area contributed by atoms with Crippen molar-refractivity contribution in [3.05, 3.63) is 54.6 Å². The maximum absolute atomic E-state index is 10.7. The fourth-order valence-electron chi connectivity index (χ4n) is 4.78. The molecule has 0 saturated heterocycles. The second kappa shape index (κ2) is 11.6. The van der Waals surface area contributed by atoms with Crippen LogP contribution < -0.4 is 4.74 Å². The highest BCUT2D eigenvalue weighted by atomic mass is 32.2. The van der Waals surface area contributed by atoms with Gasteiger partial charge in [0.05, 0.1) is 19.4 Å². The Bertz CT molecular complexity index is 1090. The zero-order valence-corrected chi connectivity index (χ0v) is 20.6. The third-order valence-electron chi connectivity index (χ3n) is 6.50. The van der Waals surface area contributed by atoms with Crippen molar-refractivity contribution < 1.29 is 19.4 Å². The lowest BCUT2D eigenvalue weighted by molar-refractivity contribution is -0.142. The topological polar surface area (TPSA) is 73.6 Å². The van der Waals surface area contributed by atoms with Crippen LogP contribution in [0.5, 0.6) is 5.75 Å². The van der Waals surface area contributed by atoms with Crippen LogP contribution in [0.3, 0.4) is 0 Å². The number of thioether (sulfide) groups is 1. The van der Waals surface area contributed by atoms with Crippen LogP contribution in [0, 0.1) is 11.8 Å². The maximum atomic E-state index is 10.7. The first kappa shape index (κ1) is 24.4. The first-order valence-corrected chi connectivity index (χ1v) is 13.0. The molecule has 4 rings (SSSR count). The van der Waals surface area contributed by atoms with Crippen molar-refractivity contribution in [2.45, 2.75) is 37.3 Å². The Morgan fingerprint density at radius 3 is 2.44 bits per heavy atom. The summed E-state index contributed by atoms with van der Waals surface area (Å²) in [6.45, 7) is 1.19. The second-order valence-corrected chi connectivity index (χ2v) is 9.60. The number of carbonyl (C=O) groups is 1. The molecule has 34 heavy (non-hydrogen) atoms. The van der Waals surface area contributed by atoms with E-state index in [-0.39, 0.29) is 6.61 Å². The molecule has 3 aromatic rings. The Morgan fingerprint density at radius 2 is 1.76 bits per heavy atom.